The number of hydrogen-bond acceptors (Lipinski definition) is 5. The Labute approximate surface area is 145 Å². The van der Waals surface area contributed by atoms with Gasteiger partial charge in [-0.25, -0.2) is 0 Å². The van der Waals surface area contributed by atoms with Gasteiger partial charge in [-0.15, -0.1) is 0 Å². The van der Waals surface area contributed by atoms with Crippen LogP contribution in [0.2, 0.25) is 0 Å². The van der Waals surface area contributed by atoms with Crippen LogP contribution < -0.4 is 10.1 Å². The van der Waals surface area contributed by atoms with E-state index in [9.17, 15) is 9.90 Å². The topological polar surface area (TPSA) is 84.6 Å². The molecule has 6 nitrogen and oxygen atoms in total. The summed E-state index contributed by atoms with van der Waals surface area (Å²) in [6, 6.07) is 12.2. The fourth-order valence-electron chi connectivity index (χ4n) is 2.42. The van der Waals surface area contributed by atoms with Crippen molar-refractivity contribution in [1.82, 2.24) is 5.16 Å². The number of carbonyl (C=O) groups is 1. The molecule has 3 rings (SSSR count). The molecule has 2 N–H and O–H groups in total. The van der Waals surface area contributed by atoms with E-state index in [0.717, 1.165) is 16.8 Å². The van der Waals surface area contributed by atoms with Crippen LogP contribution in [0.5, 0.6) is 11.5 Å². The van der Waals surface area contributed by atoms with Crippen LogP contribution in [0.1, 0.15) is 21.6 Å². The number of phenols is 1. The van der Waals surface area contributed by atoms with Crippen molar-refractivity contribution in [1.29, 1.82) is 0 Å². The Bertz CT molecular complexity index is 931. The fraction of sp³-hybridized carbons (Fsp3) is 0.158. The molecule has 6 heteroatoms. The van der Waals surface area contributed by atoms with E-state index >= 15 is 0 Å². The van der Waals surface area contributed by atoms with Gasteiger partial charge in [-0.2, -0.15) is 0 Å². The van der Waals surface area contributed by atoms with Gasteiger partial charge in [0.1, 0.15) is 0 Å². The second-order valence-corrected chi connectivity index (χ2v) is 5.74. The number of ether oxygens (including phenoxy) is 1. The van der Waals surface area contributed by atoms with Crippen LogP contribution in [0.4, 0.5) is 5.69 Å². The van der Waals surface area contributed by atoms with Crippen molar-refractivity contribution in [3.63, 3.8) is 0 Å². The van der Waals surface area contributed by atoms with Crippen LogP contribution in [0.25, 0.3) is 11.3 Å². The van der Waals surface area contributed by atoms with Crippen molar-refractivity contribution in [3.05, 3.63) is 59.3 Å². The van der Waals surface area contributed by atoms with Gasteiger partial charge >= 0.3 is 0 Å². The number of aromatic hydroxyl groups is 1. The van der Waals surface area contributed by atoms with Crippen molar-refractivity contribution in [2.45, 2.75) is 13.8 Å². The lowest BCUT2D eigenvalue weighted by Gasteiger charge is -2.07. The second-order valence-electron chi connectivity index (χ2n) is 5.74. The first-order valence-electron chi connectivity index (χ1n) is 7.70. The van der Waals surface area contributed by atoms with Crippen LogP contribution in [-0.4, -0.2) is 23.3 Å². The van der Waals surface area contributed by atoms with Gasteiger partial charge in [-0.1, -0.05) is 17.3 Å². The number of amides is 1. The molecule has 1 heterocycles. The first-order valence-corrected chi connectivity index (χ1v) is 7.70. The third-order valence-electron chi connectivity index (χ3n) is 3.85. The zero-order valence-electron chi connectivity index (χ0n) is 14.2. The highest BCUT2D eigenvalue weighted by Crippen LogP contribution is 2.31. The van der Waals surface area contributed by atoms with Gasteiger partial charge in [0.15, 0.2) is 23.0 Å². The zero-order valence-corrected chi connectivity index (χ0v) is 14.2. The average Bonchev–Trinajstić information content (AvgIpc) is 3.08. The van der Waals surface area contributed by atoms with E-state index in [1.54, 1.807) is 12.1 Å². The molecule has 0 aliphatic rings. The summed E-state index contributed by atoms with van der Waals surface area (Å²) in [5, 5.41) is 16.5. The zero-order chi connectivity index (χ0) is 18.0. The number of rotatable bonds is 4. The predicted octanol–water partition coefficient (Wildman–Crippen LogP) is 3.92. The summed E-state index contributed by atoms with van der Waals surface area (Å²) in [6.07, 6.45) is 0. The molecule has 0 bridgehead atoms. The highest BCUT2D eigenvalue weighted by Gasteiger charge is 2.16. The normalized spacial score (nSPS) is 10.5. The van der Waals surface area contributed by atoms with Gasteiger partial charge in [-0.3, -0.25) is 4.79 Å². The van der Waals surface area contributed by atoms with Crippen LogP contribution in [-0.2, 0) is 0 Å². The number of anilines is 1. The maximum absolute atomic E-state index is 12.4. The number of nitrogens with one attached hydrogen (secondary N) is 1. The predicted molar refractivity (Wildman–Crippen MR) is 94.0 cm³/mol. The van der Waals surface area contributed by atoms with E-state index in [1.807, 2.05) is 32.0 Å². The van der Waals surface area contributed by atoms with Crippen LogP contribution in [0.3, 0.4) is 0 Å². The van der Waals surface area contributed by atoms with Crippen molar-refractivity contribution in [3.8, 4) is 22.8 Å². The number of aromatic nitrogens is 1. The summed E-state index contributed by atoms with van der Waals surface area (Å²) in [6.45, 7) is 3.88. The molecule has 0 unspecified atom stereocenters. The number of methoxy groups -OCH3 is 1. The van der Waals surface area contributed by atoms with Gasteiger partial charge in [-0.05, 0) is 49.2 Å². The molecule has 0 aliphatic heterocycles. The van der Waals surface area contributed by atoms with E-state index in [-0.39, 0.29) is 17.4 Å². The smallest absolute Gasteiger partial charge is 0.277 e. The largest absolute Gasteiger partial charge is 0.504 e. The first-order chi connectivity index (χ1) is 12.0. The van der Waals surface area contributed by atoms with Crippen LogP contribution in [0.15, 0.2) is 47.0 Å². The molecule has 1 amide bonds. The molecule has 2 aromatic carbocycles. The maximum Gasteiger partial charge on any atom is 0.277 e. The first kappa shape index (κ1) is 16.6. The SMILES string of the molecule is COc1ccc(-c2cc(C(=O)Nc3cc(C)ccc3C)no2)cc1O. The van der Waals surface area contributed by atoms with E-state index in [1.165, 1.54) is 19.2 Å². The maximum atomic E-state index is 12.4. The minimum absolute atomic E-state index is 0.0159. The summed E-state index contributed by atoms with van der Waals surface area (Å²) in [5.41, 5.74) is 3.50. The molecule has 0 fully saturated rings. The highest BCUT2D eigenvalue weighted by molar-refractivity contribution is 6.03. The number of nitrogens with zero attached hydrogens (tertiary/aromatic N) is 1. The molecule has 25 heavy (non-hydrogen) atoms. The number of phenolic OH excluding ortho intramolecular Hbond substituents is 1. The summed E-state index contributed by atoms with van der Waals surface area (Å²) >= 11 is 0. The van der Waals surface area contributed by atoms with Crippen LogP contribution in [0, 0.1) is 13.8 Å². The van der Waals surface area contributed by atoms with Crippen LogP contribution >= 0.6 is 0 Å². The minimum atomic E-state index is -0.360. The number of hydrogen-bond donors (Lipinski definition) is 2. The van der Waals surface area contributed by atoms with Gasteiger partial charge < -0.3 is 19.7 Å². The number of carbonyl (C=O) groups excluding carboxylic acids is 1. The second kappa shape index (κ2) is 6.68. The van der Waals surface area contributed by atoms with E-state index in [2.05, 4.69) is 10.5 Å². The average molecular weight is 338 g/mol. The minimum Gasteiger partial charge on any atom is -0.504 e. The Morgan fingerprint density at radius 3 is 2.68 bits per heavy atom. The molecule has 1 aromatic heterocycles. The lowest BCUT2D eigenvalue weighted by molar-refractivity contribution is 0.101. The lowest BCUT2D eigenvalue weighted by atomic mass is 10.1. The molecule has 128 valence electrons. The van der Waals surface area contributed by atoms with Gasteiger partial charge in [0.25, 0.3) is 5.91 Å². The van der Waals surface area contributed by atoms with Crippen molar-refractivity contribution >= 4 is 11.6 Å². The number of aryl methyl sites for hydroxylation is 2. The van der Waals surface area contributed by atoms with Crippen molar-refractivity contribution in [2.75, 3.05) is 12.4 Å². The van der Waals surface area contributed by atoms with Gasteiger partial charge in [0, 0.05) is 17.3 Å². The summed E-state index contributed by atoms with van der Waals surface area (Å²) < 4.78 is 10.2. The molecular formula is C19H18N2O4. The Kier molecular flexibility index (Phi) is 4.43. The highest BCUT2D eigenvalue weighted by atomic mass is 16.5. The van der Waals surface area contributed by atoms with E-state index in [0.29, 0.717) is 17.1 Å². The standard InChI is InChI=1S/C19H18N2O4/c1-11-4-5-12(2)14(8-11)20-19(23)15-10-18(25-21-15)13-6-7-17(24-3)16(22)9-13/h4-10,22H,1-3H3,(H,20,23). The Hall–Kier alpha value is -3.28. The molecular weight excluding hydrogens is 320 g/mol. The fourth-order valence-corrected chi connectivity index (χ4v) is 2.42. The third-order valence-corrected chi connectivity index (χ3v) is 3.85. The number of benzene rings is 2. The van der Waals surface area contributed by atoms with E-state index in [4.69, 9.17) is 9.26 Å². The molecule has 0 radical (unpaired) electrons. The molecule has 0 atom stereocenters. The lowest BCUT2D eigenvalue weighted by Crippen LogP contribution is -2.13. The molecule has 3 aromatic rings. The van der Waals surface area contributed by atoms with Gasteiger partial charge in [0.2, 0.25) is 0 Å². The Balaban J connectivity index is 1.82. The molecule has 0 aliphatic carbocycles. The van der Waals surface area contributed by atoms with Gasteiger partial charge in [0.05, 0.1) is 7.11 Å². The quantitative estimate of drug-likeness (QED) is 0.753. The Morgan fingerprint density at radius 1 is 1.16 bits per heavy atom. The monoisotopic (exact) mass is 338 g/mol. The molecule has 0 saturated carbocycles. The summed E-state index contributed by atoms with van der Waals surface area (Å²) in [5.74, 6) is 0.361. The van der Waals surface area contributed by atoms with Crippen molar-refractivity contribution in [2.24, 2.45) is 0 Å². The third kappa shape index (κ3) is 3.47. The molecule has 0 spiro atoms. The Morgan fingerprint density at radius 2 is 1.96 bits per heavy atom. The summed E-state index contributed by atoms with van der Waals surface area (Å²) in [4.78, 5) is 12.4. The molecule has 0 saturated heterocycles. The van der Waals surface area contributed by atoms with Crippen molar-refractivity contribution < 1.29 is 19.2 Å². The van der Waals surface area contributed by atoms with E-state index < -0.39 is 0 Å². The summed E-state index contributed by atoms with van der Waals surface area (Å²) in [7, 11) is 1.47.